The van der Waals surface area contributed by atoms with Gasteiger partial charge in [0.05, 0.1) is 13.2 Å². The Morgan fingerprint density at radius 3 is 1.97 bits per heavy atom. The highest BCUT2D eigenvalue weighted by atomic mass is 16.6. The van der Waals surface area contributed by atoms with Gasteiger partial charge in [0.1, 0.15) is 24.4 Å². The minimum atomic E-state index is -1.00. The van der Waals surface area contributed by atoms with Gasteiger partial charge in [0, 0.05) is 6.61 Å². The van der Waals surface area contributed by atoms with E-state index in [1.165, 1.54) is 83.5 Å². The maximum absolute atomic E-state index is 9.90. The number of aliphatic hydroxyl groups excluding tert-OH is 3. The number of unbranched alkanes of at least 4 members (excludes halogenated alkanes) is 13. The van der Waals surface area contributed by atoms with E-state index >= 15 is 0 Å². The molecule has 0 aromatic rings. The van der Waals surface area contributed by atoms with Crippen molar-refractivity contribution >= 4 is 0 Å². The molecule has 0 aromatic heterocycles. The van der Waals surface area contributed by atoms with Crippen LogP contribution >= 0.6 is 0 Å². The Labute approximate surface area is 184 Å². The smallest absolute Gasteiger partial charge is 0.114 e. The SMILES string of the molecule is CCCCCC/C=C/CCCCCCCCCCCO[C@H]1[C@@H]([C@H](O)CO)OC[C@@H]1O. The third-order valence-electron chi connectivity index (χ3n) is 5.95. The summed E-state index contributed by atoms with van der Waals surface area (Å²) in [6.45, 7) is 2.59. The highest BCUT2D eigenvalue weighted by molar-refractivity contribution is 4.89. The van der Waals surface area contributed by atoms with Crippen LogP contribution in [0.5, 0.6) is 0 Å². The molecule has 3 N–H and O–H groups in total. The van der Waals surface area contributed by atoms with Gasteiger partial charge in [-0.05, 0) is 32.1 Å². The second kappa shape index (κ2) is 19.2. The Morgan fingerprint density at radius 2 is 1.40 bits per heavy atom. The summed E-state index contributed by atoms with van der Waals surface area (Å²) in [5.74, 6) is 0. The maximum Gasteiger partial charge on any atom is 0.114 e. The molecule has 0 unspecified atom stereocenters. The van der Waals surface area contributed by atoms with Crippen LogP contribution in [-0.4, -0.2) is 59.6 Å². The van der Waals surface area contributed by atoms with E-state index < -0.39 is 24.4 Å². The fourth-order valence-corrected chi connectivity index (χ4v) is 4.00. The fraction of sp³-hybridized carbons (Fsp3) is 0.920. The molecule has 1 fully saturated rings. The Bertz CT molecular complexity index is 401. The molecule has 1 heterocycles. The molecule has 0 radical (unpaired) electrons. The first kappa shape index (κ1) is 27.6. The first-order valence-electron chi connectivity index (χ1n) is 12.6. The average molecular weight is 429 g/mol. The van der Waals surface area contributed by atoms with Gasteiger partial charge in [-0.15, -0.1) is 0 Å². The number of ether oxygens (including phenoxy) is 2. The zero-order chi connectivity index (χ0) is 21.9. The van der Waals surface area contributed by atoms with Crippen molar-refractivity contribution in [2.45, 2.75) is 128 Å². The van der Waals surface area contributed by atoms with E-state index in [0.29, 0.717) is 6.61 Å². The number of hydrogen-bond donors (Lipinski definition) is 3. The van der Waals surface area contributed by atoms with Gasteiger partial charge in [-0.1, -0.05) is 83.3 Å². The van der Waals surface area contributed by atoms with Crippen LogP contribution in [0.25, 0.3) is 0 Å². The molecular formula is C25H48O5. The van der Waals surface area contributed by atoms with E-state index in [-0.39, 0.29) is 13.2 Å². The van der Waals surface area contributed by atoms with Crippen molar-refractivity contribution in [3.63, 3.8) is 0 Å². The Morgan fingerprint density at radius 1 is 0.867 bits per heavy atom. The molecule has 1 rings (SSSR count). The third kappa shape index (κ3) is 13.1. The first-order valence-corrected chi connectivity index (χ1v) is 12.6. The van der Waals surface area contributed by atoms with Crippen LogP contribution in [0.1, 0.15) is 103 Å². The predicted octanol–water partition coefficient (Wildman–Crippen LogP) is 4.91. The minimum Gasteiger partial charge on any atom is -0.394 e. The van der Waals surface area contributed by atoms with E-state index in [0.717, 1.165) is 12.8 Å². The van der Waals surface area contributed by atoms with Gasteiger partial charge >= 0.3 is 0 Å². The molecule has 0 aliphatic carbocycles. The van der Waals surface area contributed by atoms with E-state index in [9.17, 15) is 10.2 Å². The zero-order valence-corrected chi connectivity index (χ0v) is 19.4. The molecule has 1 aliphatic heterocycles. The lowest BCUT2D eigenvalue weighted by Crippen LogP contribution is -2.42. The highest BCUT2D eigenvalue weighted by Gasteiger charge is 2.40. The Kier molecular flexibility index (Phi) is 17.7. The van der Waals surface area contributed by atoms with Gasteiger partial charge in [-0.3, -0.25) is 0 Å². The van der Waals surface area contributed by atoms with Crippen LogP contribution in [0.3, 0.4) is 0 Å². The van der Waals surface area contributed by atoms with Crippen LogP contribution in [0, 0.1) is 0 Å². The molecule has 5 heteroatoms. The number of aliphatic hydroxyl groups is 3. The van der Waals surface area contributed by atoms with Crippen molar-refractivity contribution in [2.75, 3.05) is 19.8 Å². The second-order valence-electron chi connectivity index (χ2n) is 8.74. The molecule has 1 saturated heterocycles. The van der Waals surface area contributed by atoms with Crippen molar-refractivity contribution in [1.29, 1.82) is 0 Å². The molecule has 1 aliphatic rings. The van der Waals surface area contributed by atoms with Gasteiger partial charge in [-0.2, -0.15) is 0 Å². The normalized spacial score (nSPS) is 22.9. The molecule has 178 valence electrons. The van der Waals surface area contributed by atoms with Crippen LogP contribution in [0.15, 0.2) is 12.2 Å². The van der Waals surface area contributed by atoms with E-state index in [1.54, 1.807) is 0 Å². The van der Waals surface area contributed by atoms with Crippen LogP contribution in [0.2, 0.25) is 0 Å². The molecule has 0 saturated carbocycles. The Balaban J connectivity index is 1.84. The second-order valence-corrected chi connectivity index (χ2v) is 8.74. The monoisotopic (exact) mass is 428 g/mol. The topological polar surface area (TPSA) is 79.2 Å². The van der Waals surface area contributed by atoms with Gasteiger partial charge in [0.15, 0.2) is 0 Å². The van der Waals surface area contributed by atoms with Crippen LogP contribution < -0.4 is 0 Å². The lowest BCUT2D eigenvalue weighted by molar-refractivity contribution is -0.0938. The van der Waals surface area contributed by atoms with Crippen molar-refractivity contribution in [3.8, 4) is 0 Å². The maximum atomic E-state index is 9.90. The summed E-state index contributed by atoms with van der Waals surface area (Å²) in [7, 11) is 0. The van der Waals surface area contributed by atoms with E-state index in [1.807, 2.05) is 0 Å². The standard InChI is InChI=1S/C25H48O5/c1-2-3-4-5-6-7-8-9-10-11-12-13-14-15-16-17-18-19-29-25-23(28)21-30-24(25)22(27)20-26/h7-8,22-28H,2-6,9-21H2,1H3/b8-7+/t22-,23+,24-,25-/m1/s1. The highest BCUT2D eigenvalue weighted by Crippen LogP contribution is 2.21. The summed E-state index contributed by atoms with van der Waals surface area (Å²) < 4.78 is 11.1. The number of hydrogen-bond acceptors (Lipinski definition) is 5. The molecule has 4 atom stereocenters. The molecular weight excluding hydrogens is 380 g/mol. The molecule has 0 bridgehead atoms. The number of allylic oxidation sites excluding steroid dienone is 2. The lowest BCUT2D eigenvalue weighted by atomic mass is 10.1. The Hall–Kier alpha value is -0.460. The van der Waals surface area contributed by atoms with Gasteiger partial charge in [-0.25, -0.2) is 0 Å². The molecule has 0 aromatic carbocycles. The quantitative estimate of drug-likeness (QED) is 0.190. The summed E-state index contributed by atoms with van der Waals surface area (Å²) in [6, 6.07) is 0. The van der Waals surface area contributed by atoms with Gasteiger partial charge < -0.3 is 24.8 Å². The zero-order valence-electron chi connectivity index (χ0n) is 19.4. The van der Waals surface area contributed by atoms with Gasteiger partial charge in [0.25, 0.3) is 0 Å². The average Bonchev–Trinajstić information content (AvgIpc) is 3.12. The van der Waals surface area contributed by atoms with Crippen molar-refractivity contribution in [2.24, 2.45) is 0 Å². The van der Waals surface area contributed by atoms with Crippen LogP contribution in [-0.2, 0) is 9.47 Å². The molecule has 5 nitrogen and oxygen atoms in total. The molecule has 0 amide bonds. The third-order valence-corrected chi connectivity index (χ3v) is 5.95. The van der Waals surface area contributed by atoms with Gasteiger partial charge in [0.2, 0.25) is 0 Å². The summed E-state index contributed by atoms with van der Waals surface area (Å²) >= 11 is 0. The van der Waals surface area contributed by atoms with Crippen molar-refractivity contribution in [1.82, 2.24) is 0 Å². The molecule has 0 spiro atoms. The van der Waals surface area contributed by atoms with Crippen molar-refractivity contribution in [3.05, 3.63) is 12.2 Å². The lowest BCUT2D eigenvalue weighted by Gasteiger charge is -2.23. The summed E-state index contributed by atoms with van der Waals surface area (Å²) in [6.07, 6.45) is 21.0. The largest absolute Gasteiger partial charge is 0.394 e. The van der Waals surface area contributed by atoms with E-state index in [2.05, 4.69) is 19.1 Å². The summed E-state index contributed by atoms with van der Waals surface area (Å²) in [5.41, 5.74) is 0. The first-order chi connectivity index (χ1) is 14.7. The fourth-order valence-electron chi connectivity index (χ4n) is 4.00. The predicted molar refractivity (Wildman–Crippen MR) is 123 cm³/mol. The van der Waals surface area contributed by atoms with Crippen molar-refractivity contribution < 1.29 is 24.8 Å². The van der Waals surface area contributed by atoms with Crippen LogP contribution in [0.4, 0.5) is 0 Å². The summed E-state index contributed by atoms with van der Waals surface area (Å²) in [4.78, 5) is 0. The summed E-state index contributed by atoms with van der Waals surface area (Å²) in [5, 5.41) is 28.7. The molecule has 30 heavy (non-hydrogen) atoms. The number of rotatable bonds is 20. The van der Waals surface area contributed by atoms with E-state index in [4.69, 9.17) is 14.6 Å². The minimum absolute atomic E-state index is 0.154.